The van der Waals surface area contributed by atoms with Gasteiger partial charge in [0.2, 0.25) is 0 Å². The summed E-state index contributed by atoms with van der Waals surface area (Å²) < 4.78 is 5.59. The molecule has 108 valence electrons. The number of likely N-dealkylation sites (N-methyl/N-ethyl adjacent to an activating group) is 1. The molecular formula is C14H25N3O2. The Balaban J connectivity index is 1.48. The van der Waals surface area contributed by atoms with Crippen molar-refractivity contribution in [2.24, 2.45) is 5.92 Å². The van der Waals surface area contributed by atoms with Crippen LogP contribution in [0.15, 0.2) is 0 Å². The van der Waals surface area contributed by atoms with Crippen molar-refractivity contribution in [3.63, 3.8) is 0 Å². The summed E-state index contributed by atoms with van der Waals surface area (Å²) in [6, 6.07) is 0. The predicted octanol–water partition coefficient (Wildman–Crippen LogP) is 0.903. The number of likely N-dealkylation sites (tertiary alicyclic amines) is 1. The van der Waals surface area contributed by atoms with E-state index >= 15 is 0 Å². The number of carbonyl (C=O) groups is 1. The molecule has 1 N–H and O–H groups in total. The quantitative estimate of drug-likeness (QED) is 0.807. The van der Waals surface area contributed by atoms with E-state index in [1.54, 1.807) is 4.90 Å². The van der Waals surface area contributed by atoms with Crippen molar-refractivity contribution in [3.8, 4) is 0 Å². The van der Waals surface area contributed by atoms with Crippen LogP contribution in [-0.4, -0.2) is 67.8 Å². The van der Waals surface area contributed by atoms with E-state index in [1.165, 1.54) is 32.5 Å². The Labute approximate surface area is 115 Å². The Morgan fingerprint density at radius 2 is 2.21 bits per heavy atom. The Bertz CT molecular complexity index is 334. The zero-order valence-electron chi connectivity index (χ0n) is 11.9. The molecule has 0 aliphatic carbocycles. The number of carbonyl (C=O) groups excluding carboxylic acids is 1. The molecular weight excluding hydrogens is 242 g/mol. The highest BCUT2D eigenvalue weighted by atomic mass is 16.6. The van der Waals surface area contributed by atoms with E-state index in [-0.39, 0.29) is 11.7 Å². The summed E-state index contributed by atoms with van der Waals surface area (Å²) in [5.74, 6) is 0.802. The summed E-state index contributed by atoms with van der Waals surface area (Å²) in [4.78, 5) is 15.8. The van der Waals surface area contributed by atoms with Gasteiger partial charge in [0, 0.05) is 39.5 Å². The van der Waals surface area contributed by atoms with Gasteiger partial charge in [-0.2, -0.15) is 0 Å². The summed E-state index contributed by atoms with van der Waals surface area (Å²) in [6.07, 6.45) is 4.49. The van der Waals surface area contributed by atoms with Gasteiger partial charge in [-0.15, -0.1) is 0 Å². The van der Waals surface area contributed by atoms with Gasteiger partial charge in [-0.05, 0) is 31.8 Å². The number of piperidine rings is 2. The molecule has 5 heteroatoms. The molecule has 3 heterocycles. The van der Waals surface area contributed by atoms with Crippen molar-refractivity contribution in [1.82, 2.24) is 15.1 Å². The molecule has 1 spiro atoms. The molecule has 3 saturated heterocycles. The van der Waals surface area contributed by atoms with E-state index in [1.807, 2.05) is 7.05 Å². The third-order valence-corrected chi connectivity index (χ3v) is 4.82. The molecule has 3 rings (SSSR count). The summed E-state index contributed by atoms with van der Waals surface area (Å²) in [5.41, 5.74) is -0.187. The molecule has 3 fully saturated rings. The third-order valence-electron chi connectivity index (χ3n) is 4.82. The Morgan fingerprint density at radius 3 is 2.79 bits per heavy atom. The largest absolute Gasteiger partial charge is 0.441 e. The van der Waals surface area contributed by atoms with Crippen LogP contribution >= 0.6 is 0 Å². The Kier molecular flexibility index (Phi) is 3.67. The molecule has 0 aromatic heterocycles. The first-order valence-electron chi connectivity index (χ1n) is 7.54. The van der Waals surface area contributed by atoms with Crippen LogP contribution in [0.3, 0.4) is 0 Å². The van der Waals surface area contributed by atoms with Gasteiger partial charge in [0.15, 0.2) is 0 Å². The van der Waals surface area contributed by atoms with Crippen molar-refractivity contribution in [2.45, 2.75) is 31.3 Å². The Hall–Kier alpha value is -0.810. The van der Waals surface area contributed by atoms with Crippen LogP contribution in [0.25, 0.3) is 0 Å². The van der Waals surface area contributed by atoms with Gasteiger partial charge in [-0.25, -0.2) is 4.79 Å². The smallest absolute Gasteiger partial charge is 0.410 e. The second kappa shape index (κ2) is 5.29. The molecule has 19 heavy (non-hydrogen) atoms. The summed E-state index contributed by atoms with van der Waals surface area (Å²) in [7, 11) is 1.83. The van der Waals surface area contributed by atoms with Gasteiger partial charge in [-0.1, -0.05) is 0 Å². The van der Waals surface area contributed by atoms with E-state index in [0.29, 0.717) is 0 Å². The van der Waals surface area contributed by atoms with Gasteiger partial charge in [-0.3, -0.25) is 0 Å². The molecule has 1 atom stereocenters. The minimum Gasteiger partial charge on any atom is -0.441 e. The normalized spacial score (nSPS) is 31.7. The third kappa shape index (κ3) is 2.87. The minimum atomic E-state index is -0.187. The number of ether oxygens (including phenoxy) is 1. The van der Waals surface area contributed by atoms with Gasteiger partial charge in [0.05, 0.1) is 6.54 Å². The monoisotopic (exact) mass is 267 g/mol. The average Bonchev–Trinajstić information content (AvgIpc) is 2.69. The van der Waals surface area contributed by atoms with Crippen LogP contribution < -0.4 is 5.32 Å². The van der Waals surface area contributed by atoms with E-state index in [4.69, 9.17) is 4.74 Å². The maximum absolute atomic E-state index is 11.5. The molecule has 0 aromatic rings. The SMILES string of the molecule is CN1CC2(CCN(C[C@@H]3CCCNC3)CC2)OC1=O. The number of nitrogens with one attached hydrogen (secondary N) is 1. The molecule has 0 bridgehead atoms. The highest BCUT2D eigenvalue weighted by Gasteiger charge is 2.45. The van der Waals surface area contributed by atoms with Crippen LogP contribution in [0.2, 0.25) is 0 Å². The average molecular weight is 267 g/mol. The summed E-state index contributed by atoms with van der Waals surface area (Å²) in [5, 5.41) is 3.48. The van der Waals surface area contributed by atoms with Crippen LogP contribution in [-0.2, 0) is 4.74 Å². The first-order valence-corrected chi connectivity index (χ1v) is 7.54. The summed E-state index contributed by atoms with van der Waals surface area (Å²) in [6.45, 7) is 6.45. The van der Waals surface area contributed by atoms with Crippen molar-refractivity contribution >= 4 is 6.09 Å². The lowest BCUT2D eigenvalue weighted by Crippen LogP contribution is -2.49. The van der Waals surface area contributed by atoms with Gasteiger partial charge in [0.25, 0.3) is 0 Å². The lowest BCUT2D eigenvalue weighted by molar-refractivity contribution is -0.00333. The number of amides is 1. The van der Waals surface area contributed by atoms with Gasteiger partial charge >= 0.3 is 6.09 Å². The lowest BCUT2D eigenvalue weighted by atomic mass is 9.90. The van der Waals surface area contributed by atoms with Gasteiger partial charge in [0.1, 0.15) is 5.60 Å². The van der Waals surface area contributed by atoms with Crippen LogP contribution in [0.1, 0.15) is 25.7 Å². The van der Waals surface area contributed by atoms with Crippen molar-refractivity contribution < 1.29 is 9.53 Å². The second-order valence-electron chi connectivity index (χ2n) is 6.42. The first kappa shape index (κ1) is 13.2. The van der Waals surface area contributed by atoms with E-state index in [0.717, 1.165) is 38.4 Å². The first-order chi connectivity index (χ1) is 9.17. The lowest BCUT2D eigenvalue weighted by Gasteiger charge is -2.39. The van der Waals surface area contributed by atoms with Crippen LogP contribution in [0.5, 0.6) is 0 Å². The molecule has 1 amide bonds. The van der Waals surface area contributed by atoms with E-state index in [2.05, 4.69) is 10.2 Å². The maximum Gasteiger partial charge on any atom is 0.410 e. The zero-order valence-corrected chi connectivity index (χ0v) is 11.9. The predicted molar refractivity (Wildman–Crippen MR) is 73.1 cm³/mol. The topological polar surface area (TPSA) is 44.8 Å². The molecule has 3 aliphatic heterocycles. The van der Waals surface area contributed by atoms with Gasteiger partial charge < -0.3 is 19.9 Å². The van der Waals surface area contributed by atoms with Crippen LogP contribution in [0, 0.1) is 5.92 Å². The highest BCUT2D eigenvalue weighted by Crippen LogP contribution is 2.32. The standard InChI is InChI=1S/C14H25N3O2/c1-16-11-14(19-13(16)18)4-7-17(8-5-14)10-12-3-2-6-15-9-12/h12,15H,2-11H2,1H3/t12-/m1/s1. The fraction of sp³-hybridized carbons (Fsp3) is 0.929. The van der Waals surface area contributed by atoms with E-state index < -0.39 is 0 Å². The molecule has 0 radical (unpaired) electrons. The maximum atomic E-state index is 11.5. The van der Waals surface area contributed by atoms with Crippen molar-refractivity contribution in [1.29, 1.82) is 0 Å². The Morgan fingerprint density at radius 1 is 1.42 bits per heavy atom. The number of hydrogen-bond donors (Lipinski definition) is 1. The number of rotatable bonds is 2. The number of hydrogen-bond acceptors (Lipinski definition) is 4. The summed E-state index contributed by atoms with van der Waals surface area (Å²) >= 11 is 0. The molecule has 5 nitrogen and oxygen atoms in total. The van der Waals surface area contributed by atoms with E-state index in [9.17, 15) is 4.79 Å². The zero-order chi connectivity index (χ0) is 13.3. The molecule has 0 aromatic carbocycles. The number of nitrogens with zero attached hydrogens (tertiary/aromatic N) is 2. The fourth-order valence-electron chi connectivity index (χ4n) is 3.64. The van der Waals surface area contributed by atoms with Crippen molar-refractivity contribution in [3.05, 3.63) is 0 Å². The van der Waals surface area contributed by atoms with Crippen molar-refractivity contribution in [2.75, 3.05) is 46.3 Å². The van der Waals surface area contributed by atoms with Crippen LogP contribution in [0.4, 0.5) is 4.79 Å². The second-order valence-corrected chi connectivity index (χ2v) is 6.42. The fourth-order valence-corrected chi connectivity index (χ4v) is 3.64. The minimum absolute atomic E-state index is 0.148. The molecule has 0 unspecified atom stereocenters. The molecule has 3 aliphatic rings. The molecule has 0 saturated carbocycles. The highest BCUT2D eigenvalue weighted by molar-refractivity contribution is 5.70.